The van der Waals surface area contributed by atoms with Gasteiger partial charge in [0.15, 0.2) is 0 Å². The van der Waals surface area contributed by atoms with Gasteiger partial charge in [0.1, 0.15) is 5.82 Å². The van der Waals surface area contributed by atoms with Crippen molar-refractivity contribution in [1.82, 2.24) is 0 Å². The van der Waals surface area contributed by atoms with E-state index < -0.39 is 0 Å². The van der Waals surface area contributed by atoms with E-state index in [0.717, 1.165) is 34.8 Å². The predicted molar refractivity (Wildman–Crippen MR) is 121 cm³/mol. The molecule has 0 aromatic heterocycles. The molecule has 2 aromatic rings. The largest absolute Gasteiger partial charge is 0.207 e. The Labute approximate surface area is 173 Å². The van der Waals surface area contributed by atoms with Crippen molar-refractivity contribution in [2.75, 3.05) is 0 Å². The molecule has 2 aliphatic carbocycles. The Kier molecular flexibility index (Phi) is 6.35. The molecule has 0 bridgehead atoms. The molecular weight excluding hydrogens is 359 g/mol. The van der Waals surface area contributed by atoms with Gasteiger partial charge < -0.3 is 0 Å². The number of hydrogen-bond acceptors (Lipinski definition) is 0. The van der Waals surface area contributed by atoms with Crippen LogP contribution >= 0.6 is 0 Å². The summed E-state index contributed by atoms with van der Waals surface area (Å²) in [5, 5.41) is 0. The predicted octanol–water partition coefficient (Wildman–Crippen LogP) is 6.67. The molecule has 2 fully saturated rings. The molecule has 28 heavy (non-hydrogen) atoms. The van der Waals surface area contributed by atoms with E-state index in [9.17, 15) is 4.39 Å². The molecule has 0 atom stereocenters. The van der Waals surface area contributed by atoms with Crippen molar-refractivity contribution < 1.29 is 4.39 Å². The molecule has 0 unspecified atom stereocenters. The molecule has 0 N–H and O–H groups in total. The standard InChI is InChI=1S/C26H35FSi/c1-18-2-5-25(16-26(18)27)24-14-12-23(13-15-24)22-10-8-21(9-11-22)20-6-3-19(17-28)4-7-20/h2,5,12-16,19-22H,3-4,6-11,17H2,1,28H3. The second-order valence-electron chi connectivity index (χ2n) is 9.39. The fourth-order valence-corrected chi connectivity index (χ4v) is 6.53. The van der Waals surface area contributed by atoms with Gasteiger partial charge in [-0.1, -0.05) is 55.3 Å². The second kappa shape index (κ2) is 8.94. The van der Waals surface area contributed by atoms with Crippen molar-refractivity contribution in [3.05, 3.63) is 59.4 Å². The third-order valence-corrected chi connectivity index (χ3v) is 8.95. The Balaban J connectivity index is 1.34. The Morgan fingerprint density at radius 3 is 1.93 bits per heavy atom. The smallest absolute Gasteiger partial charge is 0.126 e. The number of aryl methyl sites for hydroxylation is 1. The maximum absolute atomic E-state index is 13.9. The molecule has 2 heteroatoms. The van der Waals surface area contributed by atoms with Crippen LogP contribution in [0.4, 0.5) is 4.39 Å². The molecule has 0 heterocycles. The monoisotopic (exact) mass is 394 g/mol. The molecule has 2 saturated carbocycles. The average Bonchev–Trinajstić information content (AvgIpc) is 2.76. The SMILES string of the molecule is Cc1ccc(-c2ccc(C3CCC(C4CCC(C[SiH3])CC4)CC3)cc2)cc1F. The minimum absolute atomic E-state index is 0.116. The summed E-state index contributed by atoms with van der Waals surface area (Å²) in [7, 11) is 1.39. The summed E-state index contributed by atoms with van der Waals surface area (Å²) in [6.07, 6.45) is 11.6. The normalized spacial score (nSPS) is 28.4. The summed E-state index contributed by atoms with van der Waals surface area (Å²) in [5.41, 5.74) is 4.28. The highest BCUT2D eigenvalue weighted by atomic mass is 28.1. The molecule has 0 nitrogen and oxygen atoms in total. The molecule has 2 aliphatic rings. The summed E-state index contributed by atoms with van der Waals surface area (Å²) in [4.78, 5) is 0. The summed E-state index contributed by atoms with van der Waals surface area (Å²) in [5.74, 6) is 3.68. The number of rotatable bonds is 4. The van der Waals surface area contributed by atoms with Gasteiger partial charge >= 0.3 is 0 Å². The number of halogens is 1. The van der Waals surface area contributed by atoms with Gasteiger partial charge in [-0.15, -0.1) is 0 Å². The van der Waals surface area contributed by atoms with E-state index >= 15 is 0 Å². The summed E-state index contributed by atoms with van der Waals surface area (Å²) in [6.45, 7) is 1.82. The third-order valence-electron chi connectivity index (χ3n) is 7.79. The maximum Gasteiger partial charge on any atom is 0.126 e. The highest BCUT2D eigenvalue weighted by molar-refractivity contribution is 6.08. The molecule has 150 valence electrons. The van der Waals surface area contributed by atoms with E-state index in [1.165, 1.54) is 73.2 Å². The Hall–Kier alpha value is -1.41. The van der Waals surface area contributed by atoms with E-state index in [1.807, 2.05) is 19.1 Å². The molecule has 0 radical (unpaired) electrons. The Bertz CT molecular complexity index is 766. The van der Waals surface area contributed by atoms with Gasteiger partial charge in [0.25, 0.3) is 0 Å². The third kappa shape index (κ3) is 4.43. The van der Waals surface area contributed by atoms with Gasteiger partial charge in [-0.05, 0) is 97.4 Å². The topological polar surface area (TPSA) is 0 Å². The average molecular weight is 395 g/mol. The fraction of sp³-hybridized carbons (Fsp3) is 0.538. The van der Waals surface area contributed by atoms with Crippen LogP contribution in [0, 0.1) is 30.5 Å². The zero-order valence-corrected chi connectivity index (χ0v) is 19.6. The number of hydrogen-bond donors (Lipinski definition) is 0. The van der Waals surface area contributed by atoms with Gasteiger partial charge in [-0.2, -0.15) is 0 Å². The molecule has 0 aliphatic heterocycles. The van der Waals surface area contributed by atoms with E-state index in [4.69, 9.17) is 0 Å². The van der Waals surface area contributed by atoms with E-state index in [-0.39, 0.29) is 5.82 Å². The van der Waals surface area contributed by atoms with Crippen molar-refractivity contribution in [3.8, 4) is 11.1 Å². The first-order valence-corrected chi connectivity index (χ1v) is 12.9. The Morgan fingerprint density at radius 1 is 0.786 bits per heavy atom. The van der Waals surface area contributed by atoms with E-state index in [0.29, 0.717) is 5.56 Å². The lowest BCUT2D eigenvalue weighted by molar-refractivity contribution is 0.165. The van der Waals surface area contributed by atoms with E-state index in [1.54, 1.807) is 6.07 Å². The van der Waals surface area contributed by atoms with Crippen molar-refractivity contribution >= 4 is 10.2 Å². The lowest BCUT2D eigenvalue weighted by atomic mass is 9.68. The van der Waals surface area contributed by atoms with Crippen molar-refractivity contribution in [2.24, 2.45) is 17.8 Å². The highest BCUT2D eigenvalue weighted by Gasteiger charge is 2.30. The zero-order valence-electron chi connectivity index (χ0n) is 17.6. The highest BCUT2D eigenvalue weighted by Crippen LogP contribution is 2.44. The molecule has 2 aromatic carbocycles. The molecular formula is C26H35FSi. The summed E-state index contributed by atoms with van der Waals surface area (Å²) in [6, 6.07) is 16.0. The van der Waals surface area contributed by atoms with Crippen molar-refractivity contribution in [3.63, 3.8) is 0 Å². The number of benzene rings is 2. The summed E-state index contributed by atoms with van der Waals surface area (Å²) >= 11 is 0. The van der Waals surface area contributed by atoms with Gasteiger partial charge in [-0.3, -0.25) is 0 Å². The van der Waals surface area contributed by atoms with Crippen LogP contribution in [0.5, 0.6) is 0 Å². The van der Waals surface area contributed by atoms with Crippen LogP contribution in [-0.4, -0.2) is 10.2 Å². The quantitative estimate of drug-likeness (QED) is 0.508. The lowest BCUT2D eigenvalue weighted by Crippen LogP contribution is -2.25. The fourth-order valence-electron chi connectivity index (χ4n) is 5.71. The van der Waals surface area contributed by atoms with Crippen molar-refractivity contribution in [1.29, 1.82) is 0 Å². The molecule has 4 rings (SSSR count). The zero-order chi connectivity index (χ0) is 19.5. The van der Waals surface area contributed by atoms with Crippen molar-refractivity contribution in [2.45, 2.75) is 70.3 Å². The molecule has 0 saturated heterocycles. The van der Waals surface area contributed by atoms with Crippen LogP contribution in [0.1, 0.15) is 68.4 Å². The second-order valence-corrected chi connectivity index (χ2v) is 10.2. The van der Waals surface area contributed by atoms with E-state index in [2.05, 4.69) is 24.3 Å². The minimum Gasteiger partial charge on any atom is -0.207 e. The van der Waals surface area contributed by atoms with Crippen LogP contribution in [0.25, 0.3) is 11.1 Å². The van der Waals surface area contributed by atoms with Gasteiger partial charge in [-0.25, -0.2) is 4.39 Å². The van der Waals surface area contributed by atoms with Gasteiger partial charge in [0.2, 0.25) is 0 Å². The Morgan fingerprint density at radius 2 is 1.36 bits per heavy atom. The van der Waals surface area contributed by atoms with Crippen LogP contribution in [0.3, 0.4) is 0 Å². The summed E-state index contributed by atoms with van der Waals surface area (Å²) < 4.78 is 13.9. The van der Waals surface area contributed by atoms with Gasteiger partial charge in [0, 0.05) is 10.2 Å². The first-order chi connectivity index (χ1) is 13.6. The first-order valence-electron chi connectivity index (χ1n) is 11.5. The first kappa shape index (κ1) is 19.9. The van der Waals surface area contributed by atoms with Crippen LogP contribution in [0.2, 0.25) is 6.04 Å². The van der Waals surface area contributed by atoms with Crippen LogP contribution in [0.15, 0.2) is 42.5 Å². The lowest BCUT2D eigenvalue weighted by Gasteiger charge is -2.38. The molecule has 0 spiro atoms. The molecule has 0 amide bonds. The van der Waals surface area contributed by atoms with Crippen LogP contribution < -0.4 is 0 Å². The minimum atomic E-state index is -0.116. The van der Waals surface area contributed by atoms with Crippen LogP contribution in [-0.2, 0) is 0 Å². The maximum atomic E-state index is 13.9. The van der Waals surface area contributed by atoms with Gasteiger partial charge in [0.05, 0.1) is 0 Å².